The molecule has 6 rings (SSSR count). The van der Waals surface area contributed by atoms with Gasteiger partial charge in [-0.25, -0.2) is 0 Å². The predicted molar refractivity (Wildman–Crippen MR) is 164 cm³/mol. The van der Waals surface area contributed by atoms with Gasteiger partial charge in [0.2, 0.25) is 17.6 Å². The topological polar surface area (TPSA) is 151 Å². The van der Waals surface area contributed by atoms with Crippen LogP contribution in [0, 0.1) is 23.7 Å². The van der Waals surface area contributed by atoms with Gasteiger partial charge in [-0.1, -0.05) is 35.9 Å². The zero-order valence-electron chi connectivity index (χ0n) is 23.7. The van der Waals surface area contributed by atoms with E-state index in [0.29, 0.717) is 16.7 Å². The smallest absolute Gasteiger partial charge is 0.488 e. The summed E-state index contributed by atoms with van der Waals surface area (Å²) < 4.78 is 10.7. The average molecular weight is 660 g/mol. The first-order valence-corrected chi connectivity index (χ1v) is 14.7. The Labute approximate surface area is 261 Å². The van der Waals surface area contributed by atoms with E-state index in [1.165, 1.54) is 32.4 Å². The molecule has 1 aliphatic heterocycles. The number of phenols is 1. The molecule has 224 valence electrons. The van der Waals surface area contributed by atoms with Crippen LogP contribution in [0.1, 0.15) is 18.4 Å². The maximum Gasteiger partial charge on any atom is 0.488 e. The van der Waals surface area contributed by atoms with Crippen LogP contribution in [-0.2, 0) is 19.2 Å². The van der Waals surface area contributed by atoms with E-state index in [1.54, 1.807) is 36.4 Å². The molecule has 2 aromatic carbocycles. The third-order valence-electron chi connectivity index (χ3n) is 8.79. The van der Waals surface area contributed by atoms with Gasteiger partial charge in [-0.3, -0.25) is 24.1 Å². The largest absolute Gasteiger partial charge is 0.502 e. The summed E-state index contributed by atoms with van der Waals surface area (Å²) in [6.45, 7) is 0. The third-order valence-corrected chi connectivity index (χ3v) is 9.38. The van der Waals surface area contributed by atoms with Crippen LogP contribution < -0.4 is 19.8 Å². The highest BCUT2D eigenvalue weighted by molar-refractivity contribution is 9.12. The Morgan fingerprint density at radius 3 is 2.36 bits per heavy atom. The molecule has 3 N–H and O–H groups in total. The summed E-state index contributed by atoms with van der Waals surface area (Å²) in [6, 6.07) is 9.19. The number of carbonyl (C=O) groups is 4. The zero-order valence-corrected chi connectivity index (χ0v) is 25.3. The van der Waals surface area contributed by atoms with Crippen molar-refractivity contribution in [2.45, 2.75) is 12.8 Å². The number of halogens is 1. The molecule has 0 aromatic heterocycles. The maximum atomic E-state index is 14.0. The Morgan fingerprint density at radius 2 is 1.70 bits per heavy atom. The molecule has 0 spiro atoms. The first-order chi connectivity index (χ1) is 21.0. The summed E-state index contributed by atoms with van der Waals surface area (Å²) in [5.74, 6) is -3.94. The minimum Gasteiger partial charge on any atom is -0.502 e. The van der Waals surface area contributed by atoms with E-state index in [1.807, 2.05) is 6.08 Å². The molecule has 4 aliphatic rings. The van der Waals surface area contributed by atoms with E-state index >= 15 is 0 Å². The van der Waals surface area contributed by atoms with E-state index in [-0.39, 0.29) is 57.3 Å². The van der Waals surface area contributed by atoms with Gasteiger partial charge in [0.25, 0.3) is 0 Å². The second-order valence-corrected chi connectivity index (χ2v) is 11.9. The van der Waals surface area contributed by atoms with Crippen molar-refractivity contribution in [2.24, 2.45) is 23.7 Å². The van der Waals surface area contributed by atoms with Crippen molar-refractivity contribution in [1.29, 1.82) is 0 Å². The van der Waals surface area contributed by atoms with Crippen LogP contribution in [0.5, 0.6) is 17.2 Å². The number of ether oxygens (including phenoxy) is 2. The van der Waals surface area contributed by atoms with E-state index in [2.05, 4.69) is 15.9 Å². The highest BCUT2D eigenvalue weighted by Crippen LogP contribution is 2.53. The molecule has 2 amide bonds. The number of carbonyl (C=O) groups excluding carboxylic acids is 4. The lowest BCUT2D eigenvalue weighted by Crippen LogP contribution is -2.40. The molecule has 0 radical (unpaired) electrons. The van der Waals surface area contributed by atoms with Gasteiger partial charge in [0.1, 0.15) is 0 Å². The van der Waals surface area contributed by atoms with Crippen molar-refractivity contribution in [3.05, 3.63) is 81.4 Å². The number of methoxy groups -OCH3 is 2. The fourth-order valence-electron chi connectivity index (χ4n) is 6.78. The van der Waals surface area contributed by atoms with Gasteiger partial charge in [0, 0.05) is 23.1 Å². The van der Waals surface area contributed by atoms with E-state index in [9.17, 15) is 34.3 Å². The number of fused-ring (bicyclic) bond motifs is 3. The highest BCUT2D eigenvalue weighted by atomic mass is 79.9. The predicted octanol–water partition coefficient (Wildman–Crippen LogP) is 2.60. The average Bonchev–Trinajstić information content (AvgIpc) is 3.27. The summed E-state index contributed by atoms with van der Waals surface area (Å²) in [6.07, 6.45) is 7.05. The van der Waals surface area contributed by atoms with Crippen LogP contribution in [-0.4, -0.2) is 59.9 Å². The van der Waals surface area contributed by atoms with Crippen molar-refractivity contribution in [3.63, 3.8) is 0 Å². The summed E-state index contributed by atoms with van der Waals surface area (Å²) >= 11 is 3.22. The SMILES string of the molecule is COc1cc(C=C[C@H]2C3=CC[C@@H]4C(=O)N(c5cccc(B(O)O)c5)C(=O)[C@@H]4[C@@H]3CC3=C2C(=O)C=C(Br)C3=O)cc(OC)c1O. The number of hydrogen-bond donors (Lipinski definition) is 3. The van der Waals surface area contributed by atoms with Crippen molar-refractivity contribution in [2.75, 3.05) is 19.1 Å². The monoisotopic (exact) mass is 659 g/mol. The lowest BCUT2D eigenvalue weighted by Gasteiger charge is -2.41. The lowest BCUT2D eigenvalue weighted by atomic mass is 9.61. The molecule has 44 heavy (non-hydrogen) atoms. The number of Topliss-reactive ketones (excluding diaryl/α,β-unsaturated/α-hetero) is 1. The summed E-state index contributed by atoms with van der Waals surface area (Å²) in [5, 5.41) is 29.6. The van der Waals surface area contributed by atoms with Crippen LogP contribution in [0.4, 0.5) is 5.69 Å². The minimum atomic E-state index is -1.77. The first kappa shape index (κ1) is 29.8. The van der Waals surface area contributed by atoms with Gasteiger partial charge in [0.05, 0.1) is 36.2 Å². The molecule has 1 heterocycles. The Kier molecular flexibility index (Phi) is 7.69. The Balaban J connectivity index is 1.43. The van der Waals surface area contributed by atoms with E-state index < -0.39 is 42.6 Å². The van der Waals surface area contributed by atoms with E-state index in [0.717, 1.165) is 10.5 Å². The lowest BCUT2D eigenvalue weighted by molar-refractivity contribution is -0.123. The van der Waals surface area contributed by atoms with Gasteiger partial charge in [-0.2, -0.15) is 0 Å². The minimum absolute atomic E-state index is 0.114. The molecule has 10 nitrogen and oxygen atoms in total. The molecule has 3 aliphatic carbocycles. The van der Waals surface area contributed by atoms with Crippen LogP contribution in [0.3, 0.4) is 0 Å². The van der Waals surface area contributed by atoms with Crippen molar-refractivity contribution in [3.8, 4) is 17.2 Å². The molecule has 0 saturated carbocycles. The maximum absolute atomic E-state index is 14.0. The van der Waals surface area contributed by atoms with Gasteiger partial charge < -0.3 is 24.6 Å². The molecule has 12 heteroatoms. The van der Waals surface area contributed by atoms with Gasteiger partial charge >= 0.3 is 7.12 Å². The van der Waals surface area contributed by atoms with Crippen LogP contribution >= 0.6 is 15.9 Å². The van der Waals surface area contributed by atoms with E-state index in [4.69, 9.17) is 9.47 Å². The number of anilines is 1. The zero-order chi connectivity index (χ0) is 31.4. The summed E-state index contributed by atoms with van der Waals surface area (Å²) in [7, 11) is 1.05. The number of ketones is 2. The molecule has 0 unspecified atom stereocenters. The molecule has 4 atom stereocenters. The van der Waals surface area contributed by atoms with Crippen molar-refractivity contribution < 1.29 is 43.8 Å². The second kappa shape index (κ2) is 11.3. The Hall–Kier alpha value is -4.26. The number of rotatable bonds is 6. The Morgan fingerprint density at radius 1 is 1.00 bits per heavy atom. The van der Waals surface area contributed by atoms with Gasteiger partial charge in [-0.05, 0) is 70.0 Å². The number of hydrogen-bond acceptors (Lipinski definition) is 9. The second-order valence-electron chi connectivity index (χ2n) is 11.1. The van der Waals surface area contributed by atoms with Crippen LogP contribution in [0.25, 0.3) is 6.08 Å². The molecule has 1 fully saturated rings. The van der Waals surface area contributed by atoms with Crippen LogP contribution in [0.2, 0.25) is 0 Å². The standard InChI is InChI=1S/C32H27BBrNO9/c1-43-25-10-15(11-26(44-2)30(25)38)6-7-19-18-8-9-20-28(21(18)13-22-27(19)24(36)14-23(34)29(22)37)32(40)35(31(20)39)17-5-3-4-16(12-17)33(41)42/h3-8,10-12,14,19-21,28,38,41-42H,9,13H2,1-2H3/t19-,20-,21+,28-/m0/s1. The summed E-state index contributed by atoms with van der Waals surface area (Å²) in [5.41, 5.74) is 2.37. The normalized spacial score (nSPS) is 24.6. The molecular weight excluding hydrogens is 633 g/mol. The molecule has 2 aromatic rings. The molecule has 0 bridgehead atoms. The fraction of sp³-hybridized carbons (Fsp3) is 0.250. The van der Waals surface area contributed by atoms with Gasteiger partial charge in [0.15, 0.2) is 23.1 Å². The first-order valence-electron chi connectivity index (χ1n) is 13.9. The Bertz CT molecular complexity index is 1730. The van der Waals surface area contributed by atoms with Crippen molar-refractivity contribution >= 4 is 63.7 Å². The highest BCUT2D eigenvalue weighted by Gasteiger charge is 2.56. The van der Waals surface area contributed by atoms with Crippen molar-refractivity contribution in [1.82, 2.24) is 0 Å². The number of imide groups is 1. The fourth-order valence-corrected chi connectivity index (χ4v) is 7.23. The molecule has 1 saturated heterocycles. The molecular formula is C32H27BBrNO9. The van der Waals surface area contributed by atoms with Gasteiger partial charge in [-0.15, -0.1) is 0 Å². The number of nitrogens with zero attached hydrogens (tertiary/aromatic N) is 1. The number of allylic oxidation sites excluding steroid dienone is 7. The third kappa shape index (κ3) is 4.73. The number of aromatic hydroxyl groups is 1. The number of amides is 2. The number of phenolic OH excluding ortho intramolecular Hbond substituents is 1. The number of benzene rings is 2. The quantitative estimate of drug-likeness (QED) is 0.184. The summed E-state index contributed by atoms with van der Waals surface area (Å²) in [4.78, 5) is 55.5. The van der Waals surface area contributed by atoms with Crippen LogP contribution in [0.15, 0.2) is 75.8 Å².